The Morgan fingerprint density at radius 2 is 0.854 bits per heavy atom. The minimum atomic E-state index is -8.77. The lowest BCUT2D eigenvalue weighted by Gasteiger charge is -2.43. The summed E-state index contributed by atoms with van der Waals surface area (Å²) in [7, 11) is 0. The van der Waals surface area contributed by atoms with E-state index in [0.717, 1.165) is 0 Å². The second-order valence-electron chi connectivity index (χ2n) is 8.23. The third-order valence-electron chi connectivity index (χ3n) is 5.22. The van der Waals surface area contributed by atoms with E-state index in [-0.39, 0.29) is 13.0 Å². The molecule has 0 heterocycles. The number of rotatable bonds is 9. The van der Waals surface area contributed by atoms with Gasteiger partial charge in [-0.05, 0) is 25.5 Å². The molecule has 0 aliphatic carbocycles. The molecule has 0 spiro atoms. The van der Waals surface area contributed by atoms with Crippen molar-refractivity contribution in [2.75, 3.05) is 0 Å². The summed E-state index contributed by atoms with van der Waals surface area (Å²) in [6, 6.07) is -0.298. The van der Waals surface area contributed by atoms with Crippen molar-refractivity contribution < 1.29 is 93.7 Å². The van der Waals surface area contributed by atoms with Crippen LogP contribution < -0.4 is 9.47 Å². The van der Waals surface area contributed by atoms with Crippen LogP contribution in [0.2, 0.25) is 0 Å². The van der Waals surface area contributed by atoms with E-state index in [2.05, 4.69) is 9.47 Å². The molecule has 0 aliphatic heterocycles. The van der Waals surface area contributed by atoms with Gasteiger partial charge in [0.1, 0.15) is 0 Å². The smallest absolute Gasteiger partial charge is 0.422 e. The highest BCUT2D eigenvalue weighted by atomic mass is 19.4. The van der Waals surface area contributed by atoms with E-state index in [1.165, 1.54) is 0 Å². The van der Waals surface area contributed by atoms with Crippen LogP contribution in [0.15, 0.2) is 6.07 Å². The van der Waals surface area contributed by atoms with Crippen molar-refractivity contribution in [2.24, 2.45) is 0 Å². The minimum Gasteiger partial charge on any atom is -0.422 e. The maximum atomic E-state index is 14.8. The van der Waals surface area contributed by atoms with Crippen LogP contribution in [0.5, 0.6) is 11.5 Å². The van der Waals surface area contributed by atoms with E-state index >= 15 is 0 Å². The molecule has 1 aromatic carbocycles. The number of aryl methyl sites for hydroxylation is 1. The molecule has 41 heavy (non-hydrogen) atoms. The van der Waals surface area contributed by atoms with Crippen molar-refractivity contribution in [3.63, 3.8) is 0 Å². The number of esters is 2. The number of halogens is 17. The Labute approximate surface area is 216 Å². The summed E-state index contributed by atoms with van der Waals surface area (Å²) in [4.78, 5) is 22.5. The van der Waals surface area contributed by atoms with Gasteiger partial charge >= 0.3 is 59.6 Å². The highest BCUT2D eigenvalue weighted by Crippen LogP contribution is 2.65. The van der Waals surface area contributed by atoms with Gasteiger partial charge in [0.05, 0.1) is 0 Å². The fourth-order valence-corrected chi connectivity index (χ4v) is 3.06. The molecule has 1 aromatic rings. The first kappa shape index (κ1) is 36.0. The molecule has 4 nitrogen and oxygen atoms in total. The fourth-order valence-electron chi connectivity index (χ4n) is 3.06. The summed E-state index contributed by atoms with van der Waals surface area (Å²) >= 11 is 0. The second kappa shape index (κ2) is 10.1. The summed E-state index contributed by atoms with van der Waals surface area (Å²) in [5, 5.41) is 0. The molecule has 1 rings (SSSR count). The van der Waals surface area contributed by atoms with Crippen LogP contribution >= 0.6 is 0 Å². The maximum absolute atomic E-state index is 14.8. The van der Waals surface area contributed by atoms with Gasteiger partial charge in [-0.15, -0.1) is 0 Å². The van der Waals surface area contributed by atoms with E-state index in [0.29, 0.717) is 20.8 Å². The van der Waals surface area contributed by atoms with Crippen molar-refractivity contribution >= 4 is 11.9 Å². The Hall–Kier alpha value is -3.03. The molecule has 0 atom stereocenters. The van der Waals surface area contributed by atoms with Gasteiger partial charge in [0.2, 0.25) is 0 Å². The largest absolute Gasteiger partial charge is 0.460 e. The lowest BCUT2D eigenvalue weighted by Crippen LogP contribution is -2.74. The molecule has 0 radical (unpaired) electrons. The number of benzene rings is 1. The van der Waals surface area contributed by atoms with Crippen molar-refractivity contribution in [3.05, 3.63) is 22.8 Å². The predicted octanol–water partition coefficient (Wildman–Crippen LogP) is 7.62. The van der Waals surface area contributed by atoms with Crippen molar-refractivity contribution in [2.45, 2.75) is 75.3 Å². The van der Waals surface area contributed by atoms with E-state index in [1.807, 2.05) is 0 Å². The zero-order chi connectivity index (χ0) is 33.2. The van der Waals surface area contributed by atoms with Gasteiger partial charge in [-0.25, -0.2) is 0 Å². The zero-order valence-electron chi connectivity index (χ0n) is 20.1. The molecule has 0 amide bonds. The summed E-state index contributed by atoms with van der Waals surface area (Å²) in [6.45, 7) is 2.00. The SMILES string of the molecule is CC(=O)Oc1c(C)cc(C(F)(F)C(F)(F)C(F)(F)C(F)(F)C(F)(F)C(F)(F)C(F)(F)C(F)(F)F)c(C)c1OC(C)=O. The van der Waals surface area contributed by atoms with Gasteiger partial charge in [-0.3, -0.25) is 9.59 Å². The molecule has 0 unspecified atom stereocenters. The van der Waals surface area contributed by atoms with Gasteiger partial charge in [-0.1, -0.05) is 0 Å². The third kappa shape index (κ3) is 5.12. The normalized spacial score (nSPS) is 14.7. The first-order valence-corrected chi connectivity index (χ1v) is 10.0. The Balaban J connectivity index is 4.00. The van der Waals surface area contributed by atoms with Crippen LogP contribution in [0.1, 0.15) is 30.5 Å². The van der Waals surface area contributed by atoms with E-state index in [1.54, 1.807) is 0 Å². The molecular weight excluding hydrogens is 627 g/mol. The molecule has 0 saturated carbocycles. The molecule has 21 heteroatoms. The van der Waals surface area contributed by atoms with Gasteiger partial charge in [0.15, 0.2) is 11.5 Å². The molecule has 0 aliphatic rings. The molecule has 0 N–H and O–H groups in total. The maximum Gasteiger partial charge on any atom is 0.460 e. The Bertz CT molecular complexity index is 1200. The minimum absolute atomic E-state index is 0.229. The summed E-state index contributed by atoms with van der Waals surface area (Å²) in [5.74, 6) is -63.0. The van der Waals surface area contributed by atoms with Crippen LogP contribution in [0.4, 0.5) is 74.6 Å². The van der Waals surface area contributed by atoms with Crippen molar-refractivity contribution in [3.8, 4) is 11.5 Å². The topological polar surface area (TPSA) is 52.6 Å². The van der Waals surface area contributed by atoms with Gasteiger partial charge < -0.3 is 9.47 Å². The van der Waals surface area contributed by atoms with Crippen LogP contribution in [-0.4, -0.2) is 53.7 Å². The number of hydrogen-bond donors (Lipinski definition) is 0. The first-order chi connectivity index (χ1) is 17.8. The third-order valence-corrected chi connectivity index (χ3v) is 5.22. The average molecular weight is 640 g/mol. The van der Waals surface area contributed by atoms with Gasteiger partial charge in [0, 0.05) is 25.0 Å². The quantitative estimate of drug-likeness (QED) is 0.158. The Morgan fingerprint density at radius 1 is 0.537 bits per heavy atom. The number of carbonyl (C=O) groups excluding carboxylic acids is 2. The Morgan fingerprint density at radius 3 is 1.20 bits per heavy atom. The molecule has 0 aromatic heterocycles. The summed E-state index contributed by atoms with van der Waals surface area (Å²) in [6.07, 6.45) is -7.86. The standard InChI is InChI=1S/C20H13F17O4/c1-6-5-10(7(2)12(41-9(4)39)11(6)40-8(3)38)13(21,22)14(23,24)15(25,26)16(27,28)17(29,30)18(31,32)19(33,34)20(35,36)37/h5H,1-4H3. The lowest BCUT2D eigenvalue weighted by atomic mass is 9.85. The second-order valence-corrected chi connectivity index (χ2v) is 8.23. The van der Waals surface area contributed by atoms with E-state index in [9.17, 15) is 84.2 Å². The van der Waals surface area contributed by atoms with Gasteiger partial charge in [-0.2, -0.15) is 74.6 Å². The molecular formula is C20H13F17O4. The fraction of sp³-hybridized carbons (Fsp3) is 0.600. The highest BCUT2D eigenvalue weighted by molar-refractivity contribution is 5.76. The van der Waals surface area contributed by atoms with Crippen LogP contribution in [-0.2, 0) is 15.5 Å². The molecule has 0 saturated heterocycles. The Kier molecular flexibility index (Phi) is 8.83. The van der Waals surface area contributed by atoms with Crippen LogP contribution in [0, 0.1) is 13.8 Å². The molecule has 236 valence electrons. The summed E-state index contributed by atoms with van der Waals surface area (Å²) < 4.78 is 240. The zero-order valence-corrected chi connectivity index (χ0v) is 20.1. The van der Waals surface area contributed by atoms with E-state index in [4.69, 9.17) is 0 Å². The summed E-state index contributed by atoms with van der Waals surface area (Å²) in [5.41, 5.74) is -5.13. The number of ether oxygens (including phenoxy) is 2. The van der Waals surface area contributed by atoms with Crippen LogP contribution in [0.3, 0.4) is 0 Å². The van der Waals surface area contributed by atoms with Gasteiger partial charge in [0.25, 0.3) is 0 Å². The first-order valence-electron chi connectivity index (χ1n) is 10.0. The molecule has 0 bridgehead atoms. The molecule has 0 fully saturated rings. The number of alkyl halides is 17. The lowest BCUT2D eigenvalue weighted by molar-refractivity contribution is -0.462. The van der Waals surface area contributed by atoms with Crippen molar-refractivity contribution in [1.29, 1.82) is 0 Å². The van der Waals surface area contributed by atoms with Crippen molar-refractivity contribution in [1.82, 2.24) is 0 Å². The van der Waals surface area contributed by atoms with Crippen LogP contribution in [0.25, 0.3) is 0 Å². The average Bonchev–Trinajstić information content (AvgIpc) is 2.76. The highest BCUT2D eigenvalue weighted by Gasteiger charge is 2.95. The van der Waals surface area contributed by atoms with E-state index < -0.39 is 87.8 Å². The monoisotopic (exact) mass is 640 g/mol. The number of hydrogen-bond acceptors (Lipinski definition) is 4. The number of carbonyl (C=O) groups is 2. The predicted molar refractivity (Wildman–Crippen MR) is 98.2 cm³/mol.